The molecule has 3 fully saturated rings. The van der Waals surface area contributed by atoms with Crippen molar-refractivity contribution in [1.82, 2.24) is 14.9 Å². The second kappa shape index (κ2) is 6.06. The molecule has 3 aliphatic rings. The third-order valence-corrected chi connectivity index (χ3v) is 3.86. The molecular formula is C14H16FN5O. The molecule has 0 saturated carbocycles. The van der Waals surface area contributed by atoms with Crippen molar-refractivity contribution in [2.24, 2.45) is 10.9 Å². The Kier molecular flexibility index (Phi) is 3.97. The summed E-state index contributed by atoms with van der Waals surface area (Å²) in [6, 6.07) is 2.37. The molecule has 1 aromatic heterocycles. The molecule has 1 unspecified atom stereocenters. The van der Waals surface area contributed by atoms with Crippen molar-refractivity contribution in [1.29, 1.82) is 0 Å². The summed E-state index contributed by atoms with van der Waals surface area (Å²) in [5, 5.41) is 2.79. The summed E-state index contributed by atoms with van der Waals surface area (Å²) in [5.41, 5.74) is 0. The highest BCUT2D eigenvalue weighted by atomic mass is 19.1. The summed E-state index contributed by atoms with van der Waals surface area (Å²) in [5.74, 6) is 0.217. The highest BCUT2D eigenvalue weighted by Crippen LogP contribution is 2.29. The van der Waals surface area contributed by atoms with Gasteiger partial charge < -0.3 is 4.74 Å². The highest BCUT2D eigenvalue weighted by Gasteiger charge is 2.36. The number of hydrogen-bond donors (Lipinski definition) is 1. The van der Waals surface area contributed by atoms with Crippen LogP contribution in [-0.4, -0.2) is 46.6 Å². The Balaban J connectivity index is 1.66. The Labute approximate surface area is 122 Å². The first-order valence-electron chi connectivity index (χ1n) is 6.91. The molecular weight excluding hydrogens is 273 g/mol. The topological polar surface area (TPSA) is 62.6 Å². The van der Waals surface area contributed by atoms with Gasteiger partial charge in [0.2, 0.25) is 5.95 Å². The molecule has 21 heavy (non-hydrogen) atoms. The number of nitrogens with one attached hydrogen (secondary N) is 1. The molecule has 3 aliphatic heterocycles. The molecule has 4 heterocycles. The number of aliphatic imine (C=N–C) groups is 1. The van der Waals surface area contributed by atoms with Crippen LogP contribution in [0.25, 0.3) is 0 Å². The van der Waals surface area contributed by atoms with Crippen molar-refractivity contribution in [3.63, 3.8) is 0 Å². The van der Waals surface area contributed by atoms with Crippen LogP contribution in [0.1, 0.15) is 12.8 Å². The fourth-order valence-corrected chi connectivity index (χ4v) is 2.80. The van der Waals surface area contributed by atoms with E-state index in [0.29, 0.717) is 5.92 Å². The number of piperidine rings is 3. The summed E-state index contributed by atoms with van der Waals surface area (Å²) < 4.78 is 18.7. The summed E-state index contributed by atoms with van der Waals surface area (Å²) in [4.78, 5) is 13.8. The van der Waals surface area contributed by atoms with E-state index in [9.17, 15) is 4.39 Å². The van der Waals surface area contributed by atoms with Crippen LogP contribution >= 0.6 is 0 Å². The lowest BCUT2D eigenvalue weighted by Crippen LogP contribution is -2.52. The molecule has 7 heteroatoms. The Hall–Kier alpha value is -2.20. The van der Waals surface area contributed by atoms with Gasteiger partial charge in [-0.05, 0) is 31.8 Å². The minimum Gasteiger partial charge on any atom is -0.459 e. The average molecular weight is 289 g/mol. The number of halogens is 1. The number of aromatic nitrogens is 2. The first-order valence-corrected chi connectivity index (χ1v) is 6.91. The smallest absolute Gasteiger partial charge is 0.305 e. The number of ether oxygens (including phenoxy) is 1. The maximum Gasteiger partial charge on any atom is 0.305 e. The van der Waals surface area contributed by atoms with E-state index in [1.807, 2.05) is 0 Å². The van der Waals surface area contributed by atoms with Crippen LogP contribution in [0.5, 0.6) is 0 Å². The molecule has 1 atom stereocenters. The van der Waals surface area contributed by atoms with E-state index in [0.717, 1.165) is 44.9 Å². The molecule has 0 amide bonds. The van der Waals surface area contributed by atoms with Gasteiger partial charge in [-0.25, -0.2) is 14.4 Å². The molecule has 1 aromatic rings. The Bertz CT molecular complexity index is 560. The number of amidine groups is 1. The quantitative estimate of drug-likeness (QED) is 0.501. The van der Waals surface area contributed by atoms with E-state index >= 15 is 0 Å². The van der Waals surface area contributed by atoms with Crippen molar-refractivity contribution >= 4 is 12.0 Å². The van der Waals surface area contributed by atoms with Crippen LogP contribution < -0.4 is 5.32 Å². The normalized spacial score (nSPS) is 28.0. The summed E-state index contributed by atoms with van der Waals surface area (Å²) in [6.07, 6.45) is 9.67. The lowest BCUT2D eigenvalue weighted by atomic mass is 9.86. The van der Waals surface area contributed by atoms with E-state index in [-0.39, 0.29) is 18.1 Å². The zero-order valence-corrected chi connectivity index (χ0v) is 11.5. The monoisotopic (exact) mass is 289 g/mol. The molecule has 0 aliphatic carbocycles. The number of hydrogen-bond acceptors (Lipinski definition) is 5. The summed E-state index contributed by atoms with van der Waals surface area (Å²) in [7, 11) is 0. The lowest BCUT2D eigenvalue weighted by molar-refractivity contribution is -0.0145. The standard InChI is InChI=1S/C14H16FN5O/c1-2-16-14(19-13-17-7-11(15)8-18-13)21-12-9-20-5-3-10(12)4-6-20/h1,7-8,10,12H,3-6,9H2,(H,16,17,18,19). The molecule has 0 radical (unpaired) electrons. The first-order chi connectivity index (χ1) is 10.2. The predicted octanol–water partition coefficient (Wildman–Crippen LogP) is 1.09. The van der Waals surface area contributed by atoms with Gasteiger partial charge >= 0.3 is 6.02 Å². The Morgan fingerprint density at radius 2 is 2.14 bits per heavy atom. The van der Waals surface area contributed by atoms with Gasteiger partial charge in [0, 0.05) is 12.6 Å². The SMILES string of the molecule is C#CN=C(Nc1ncc(F)cn1)OC1CN2CCC1CC2. The highest BCUT2D eigenvalue weighted by molar-refractivity contribution is 5.87. The zero-order valence-electron chi connectivity index (χ0n) is 11.5. The van der Waals surface area contributed by atoms with Crippen LogP contribution in [0.2, 0.25) is 0 Å². The second-order valence-electron chi connectivity index (χ2n) is 5.19. The van der Waals surface area contributed by atoms with Crippen molar-refractivity contribution in [2.75, 3.05) is 25.0 Å². The van der Waals surface area contributed by atoms with Gasteiger partial charge in [0.05, 0.1) is 12.4 Å². The molecule has 2 bridgehead atoms. The molecule has 4 rings (SSSR count). The fraction of sp³-hybridized carbons (Fsp3) is 0.500. The van der Waals surface area contributed by atoms with Crippen molar-refractivity contribution in [3.05, 3.63) is 18.2 Å². The van der Waals surface area contributed by atoms with Gasteiger partial charge in [-0.1, -0.05) is 6.42 Å². The van der Waals surface area contributed by atoms with Gasteiger partial charge in [-0.2, -0.15) is 0 Å². The third kappa shape index (κ3) is 3.28. The van der Waals surface area contributed by atoms with Crippen LogP contribution in [0.4, 0.5) is 10.3 Å². The van der Waals surface area contributed by atoms with Crippen LogP contribution in [0.15, 0.2) is 17.4 Å². The average Bonchev–Trinajstić information content (AvgIpc) is 2.51. The maximum absolute atomic E-state index is 12.8. The minimum absolute atomic E-state index is 0.0625. The van der Waals surface area contributed by atoms with Crippen LogP contribution in [0.3, 0.4) is 0 Å². The Morgan fingerprint density at radius 1 is 1.43 bits per heavy atom. The van der Waals surface area contributed by atoms with Crippen molar-refractivity contribution in [2.45, 2.75) is 18.9 Å². The minimum atomic E-state index is -0.505. The molecule has 6 nitrogen and oxygen atoms in total. The number of anilines is 1. The molecule has 110 valence electrons. The first kappa shape index (κ1) is 13.8. The molecule has 3 saturated heterocycles. The van der Waals surface area contributed by atoms with Gasteiger partial charge in [0.1, 0.15) is 6.10 Å². The van der Waals surface area contributed by atoms with E-state index < -0.39 is 5.82 Å². The number of nitrogens with zero attached hydrogens (tertiary/aromatic N) is 4. The van der Waals surface area contributed by atoms with Crippen LogP contribution in [-0.2, 0) is 4.74 Å². The second-order valence-corrected chi connectivity index (χ2v) is 5.19. The van der Waals surface area contributed by atoms with E-state index in [1.54, 1.807) is 0 Å². The Morgan fingerprint density at radius 3 is 2.71 bits per heavy atom. The van der Waals surface area contributed by atoms with Gasteiger partial charge in [-0.3, -0.25) is 10.2 Å². The van der Waals surface area contributed by atoms with Crippen molar-refractivity contribution in [3.8, 4) is 12.5 Å². The lowest BCUT2D eigenvalue weighted by Gasteiger charge is -2.44. The van der Waals surface area contributed by atoms with Gasteiger partial charge in [0.15, 0.2) is 5.82 Å². The number of fused-ring (bicyclic) bond motifs is 3. The van der Waals surface area contributed by atoms with Gasteiger partial charge in [-0.15, -0.1) is 4.99 Å². The zero-order chi connectivity index (χ0) is 14.7. The molecule has 0 aromatic carbocycles. The molecule has 0 spiro atoms. The summed E-state index contributed by atoms with van der Waals surface area (Å²) >= 11 is 0. The number of rotatable bonds is 2. The number of terminal acetylenes is 1. The van der Waals surface area contributed by atoms with E-state index in [4.69, 9.17) is 11.2 Å². The summed E-state index contributed by atoms with van der Waals surface area (Å²) in [6.45, 7) is 3.13. The van der Waals surface area contributed by atoms with E-state index in [2.05, 4.69) is 31.2 Å². The van der Waals surface area contributed by atoms with Gasteiger partial charge in [0.25, 0.3) is 0 Å². The maximum atomic E-state index is 12.8. The third-order valence-electron chi connectivity index (χ3n) is 3.86. The van der Waals surface area contributed by atoms with Crippen molar-refractivity contribution < 1.29 is 9.13 Å². The predicted molar refractivity (Wildman–Crippen MR) is 75.9 cm³/mol. The fourth-order valence-electron chi connectivity index (χ4n) is 2.80. The largest absolute Gasteiger partial charge is 0.459 e. The molecule has 1 N–H and O–H groups in total. The van der Waals surface area contributed by atoms with E-state index in [1.165, 1.54) is 0 Å². The van der Waals surface area contributed by atoms with Crippen LogP contribution in [0, 0.1) is 24.2 Å².